The molecule has 2 heterocycles. The van der Waals surface area contributed by atoms with E-state index in [0.717, 1.165) is 24.2 Å². The van der Waals surface area contributed by atoms with Gasteiger partial charge in [-0.05, 0) is 12.0 Å². The van der Waals surface area contributed by atoms with Gasteiger partial charge in [0.1, 0.15) is 6.10 Å². The number of morpholine rings is 1. The fourth-order valence-electron chi connectivity index (χ4n) is 2.29. The number of amides is 1. The lowest BCUT2D eigenvalue weighted by atomic mass is 10.1. The van der Waals surface area contributed by atoms with E-state index in [1.165, 1.54) is 16.9 Å². The number of ether oxygens (including phenoxy) is 1. The Morgan fingerprint density at radius 3 is 2.95 bits per heavy atom. The molecule has 2 N–H and O–H groups in total. The van der Waals surface area contributed by atoms with Gasteiger partial charge in [-0.3, -0.25) is 10.1 Å². The molecule has 1 aromatic carbocycles. The summed E-state index contributed by atoms with van der Waals surface area (Å²) in [6.45, 7) is 4.03. The average molecular weight is 317 g/mol. The topological polar surface area (TPSA) is 63.2 Å². The van der Waals surface area contributed by atoms with E-state index >= 15 is 0 Å². The van der Waals surface area contributed by atoms with E-state index in [1.54, 1.807) is 0 Å². The van der Waals surface area contributed by atoms with Crippen LogP contribution < -0.4 is 10.6 Å². The zero-order valence-corrected chi connectivity index (χ0v) is 13.3. The molecule has 0 unspecified atom stereocenters. The highest BCUT2D eigenvalue weighted by Crippen LogP contribution is 2.25. The second-order valence-corrected chi connectivity index (χ2v) is 6.00. The Kier molecular flexibility index (Phi) is 4.82. The van der Waals surface area contributed by atoms with Gasteiger partial charge >= 0.3 is 0 Å². The number of aryl methyl sites for hydroxylation is 1. The molecule has 6 heteroatoms. The van der Waals surface area contributed by atoms with Crippen LogP contribution in [-0.4, -0.2) is 36.7 Å². The SMILES string of the molecule is CCc1ccc(-c2csc(NC(=O)[C@@H]3CNCCO3)n2)cc1. The zero-order valence-electron chi connectivity index (χ0n) is 12.5. The summed E-state index contributed by atoms with van der Waals surface area (Å²) in [5.41, 5.74) is 3.24. The van der Waals surface area contributed by atoms with Gasteiger partial charge in [-0.25, -0.2) is 4.98 Å². The van der Waals surface area contributed by atoms with Gasteiger partial charge in [-0.15, -0.1) is 11.3 Å². The molecular formula is C16H19N3O2S. The van der Waals surface area contributed by atoms with Crippen molar-refractivity contribution >= 4 is 22.4 Å². The number of thiazole rings is 1. The number of nitrogens with zero attached hydrogens (tertiary/aromatic N) is 1. The quantitative estimate of drug-likeness (QED) is 0.908. The summed E-state index contributed by atoms with van der Waals surface area (Å²) in [5, 5.41) is 8.53. The summed E-state index contributed by atoms with van der Waals surface area (Å²) < 4.78 is 5.43. The molecule has 1 aliphatic heterocycles. The Bertz CT molecular complexity index is 633. The van der Waals surface area contributed by atoms with E-state index in [0.29, 0.717) is 18.3 Å². The molecule has 116 valence electrons. The van der Waals surface area contributed by atoms with Crippen molar-refractivity contribution in [2.24, 2.45) is 0 Å². The summed E-state index contributed by atoms with van der Waals surface area (Å²) in [4.78, 5) is 16.6. The van der Waals surface area contributed by atoms with Crippen molar-refractivity contribution < 1.29 is 9.53 Å². The van der Waals surface area contributed by atoms with Crippen molar-refractivity contribution in [1.82, 2.24) is 10.3 Å². The summed E-state index contributed by atoms with van der Waals surface area (Å²) in [5.74, 6) is -0.144. The first-order chi connectivity index (χ1) is 10.8. The molecule has 2 aromatic rings. The van der Waals surface area contributed by atoms with Crippen LogP contribution in [0, 0.1) is 0 Å². The number of hydrogen-bond acceptors (Lipinski definition) is 5. The van der Waals surface area contributed by atoms with Crippen molar-refractivity contribution in [2.75, 3.05) is 25.0 Å². The number of aromatic nitrogens is 1. The van der Waals surface area contributed by atoms with Gasteiger partial charge in [-0.1, -0.05) is 31.2 Å². The third-order valence-electron chi connectivity index (χ3n) is 3.61. The van der Waals surface area contributed by atoms with Crippen LogP contribution in [0.3, 0.4) is 0 Å². The molecular weight excluding hydrogens is 298 g/mol. The Morgan fingerprint density at radius 1 is 1.45 bits per heavy atom. The van der Waals surface area contributed by atoms with Gasteiger partial charge in [0.2, 0.25) is 0 Å². The summed E-state index contributed by atoms with van der Waals surface area (Å²) in [7, 11) is 0. The molecule has 1 aromatic heterocycles. The minimum atomic E-state index is -0.440. The van der Waals surface area contributed by atoms with E-state index in [9.17, 15) is 4.79 Å². The predicted molar refractivity (Wildman–Crippen MR) is 88.2 cm³/mol. The molecule has 0 radical (unpaired) electrons. The fraction of sp³-hybridized carbons (Fsp3) is 0.375. The minimum Gasteiger partial charge on any atom is -0.366 e. The molecule has 1 fully saturated rings. The van der Waals surface area contributed by atoms with Gasteiger partial charge in [-0.2, -0.15) is 0 Å². The Hall–Kier alpha value is -1.76. The second-order valence-electron chi connectivity index (χ2n) is 5.14. The fourth-order valence-corrected chi connectivity index (χ4v) is 3.02. The van der Waals surface area contributed by atoms with Crippen molar-refractivity contribution in [2.45, 2.75) is 19.4 Å². The van der Waals surface area contributed by atoms with E-state index in [4.69, 9.17) is 4.74 Å². The molecule has 1 atom stereocenters. The van der Waals surface area contributed by atoms with Crippen LogP contribution in [0.4, 0.5) is 5.13 Å². The largest absolute Gasteiger partial charge is 0.366 e. The van der Waals surface area contributed by atoms with Crippen LogP contribution in [0.15, 0.2) is 29.6 Å². The third kappa shape index (κ3) is 3.52. The van der Waals surface area contributed by atoms with Crippen LogP contribution in [-0.2, 0) is 16.0 Å². The third-order valence-corrected chi connectivity index (χ3v) is 4.37. The van der Waals surface area contributed by atoms with Gasteiger partial charge in [0.15, 0.2) is 5.13 Å². The first-order valence-corrected chi connectivity index (χ1v) is 8.32. The Balaban J connectivity index is 1.66. The van der Waals surface area contributed by atoms with E-state index < -0.39 is 6.10 Å². The van der Waals surface area contributed by atoms with Crippen molar-refractivity contribution in [3.05, 3.63) is 35.2 Å². The summed E-state index contributed by atoms with van der Waals surface area (Å²) >= 11 is 1.43. The van der Waals surface area contributed by atoms with Crippen molar-refractivity contribution in [3.8, 4) is 11.3 Å². The predicted octanol–water partition coefficient (Wildman–Crippen LogP) is 2.30. The standard InChI is InChI=1S/C16H19N3O2S/c1-2-11-3-5-12(6-4-11)13-10-22-16(18-13)19-15(20)14-9-17-7-8-21-14/h3-6,10,14,17H,2,7-9H2,1H3,(H,18,19,20)/t14-/m0/s1. The molecule has 3 rings (SSSR count). The lowest BCUT2D eigenvalue weighted by Gasteiger charge is -2.22. The number of rotatable bonds is 4. The maximum Gasteiger partial charge on any atom is 0.256 e. The molecule has 5 nitrogen and oxygen atoms in total. The second kappa shape index (κ2) is 7.00. The van der Waals surface area contributed by atoms with Gasteiger partial charge in [0, 0.05) is 24.0 Å². The zero-order chi connectivity index (χ0) is 15.4. The van der Waals surface area contributed by atoms with E-state index in [-0.39, 0.29) is 5.91 Å². The maximum atomic E-state index is 12.1. The number of carbonyl (C=O) groups excluding carboxylic acids is 1. The number of carbonyl (C=O) groups is 1. The van der Waals surface area contributed by atoms with E-state index in [1.807, 2.05) is 5.38 Å². The summed E-state index contributed by atoms with van der Waals surface area (Å²) in [6, 6.07) is 8.34. The lowest BCUT2D eigenvalue weighted by molar-refractivity contribution is -0.128. The van der Waals surface area contributed by atoms with Crippen LogP contribution in [0.1, 0.15) is 12.5 Å². The molecule has 0 saturated carbocycles. The van der Waals surface area contributed by atoms with Gasteiger partial charge < -0.3 is 10.1 Å². The Morgan fingerprint density at radius 2 is 2.27 bits per heavy atom. The number of benzene rings is 1. The average Bonchev–Trinajstić information content (AvgIpc) is 3.04. The molecule has 22 heavy (non-hydrogen) atoms. The van der Waals surface area contributed by atoms with Crippen molar-refractivity contribution in [3.63, 3.8) is 0 Å². The number of anilines is 1. The highest BCUT2D eigenvalue weighted by molar-refractivity contribution is 7.14. The normalized spacial score (nSPS) is 18.1. The van der Waals surface area contributed by atoms with Crippen molar-refractivity contribution in [1.29, 1.82) is 0 Å². The highest BCUT2D eigenvalue weighted by atomic mass is 32.1. The highest BCUT2D eigenvalue weighted by Gasteiger charge is 2.22. The lowest BCUT2D eigenvalue weighted by Crippen LogP contribution is -2.45. The van der Waals surface area contributed by atoms with Gasteiger partial charge in [0.05, 0.1) is 12.3 Å². The maximum absolute atomic E-state index is 12.1. The summed E-state index contributed by atoms with van der Waals surface area (Å²) in [6.07, 6.45) is 0.582. The Labute approximate surface area is 133 Å². The minimum absolute atomic E-state index is 0.144. The van der Waals surface area contributed by atoms with Crippen LogP contribution in [0.25, 0.3) is 11.3 Å². The monoisotopic (exact) mass is 317 g/mol. The molecule has 1 aliphatic rings. The molecule has 0 spiro atoms. The van der Waals surface area contributed by atoms with Crippen LogP contribution >= 0.6 is 11.3 Å². The van der Waals surface area contributed by atoms with E-state index in [2.05, 4.69) is 46.8 Å². The molecule has 0 aliphatic carbocycles. The van der Waals surface area contributed by atoms with Crippen LogP contribution in [0.5, 0.6) is 0 Å². The van der Waals surface area contributed by atoms with Gasteiger partial charge in [0.25, 0.3) is 5.91 Å². The number of hydrogen-bond donors (Lipinski definition) is 2. The first-order valence-electron chi connectivity index (χ1n) is 7.44. The molecule has 1 amide bonds. The molecule has 1 saturated heterocycles. The smallest absolute Gasteiger partial charge is 0.256 e. The van der Waals surface area contributed by atoms with Crippen LogP contribution in [0.2, 0.25) is 0 Å². The molecule has 0 bridgehead atoms. The first kappa shape index (κ1) is 15.1. The number of nitrogens with one attached hydrogen (secondary N) is 2.